The zero-order valence-corrected chi connectivity index (χ0v) is 62.3. The van der Waals surface area contributed by atoms with Gasteiger partial charge in [-0.05, 0) is 126 Å². The number of aliphatic hydroxyl groups is 1. The van der Waals surface area contributed by atoms with E-state index in [1.807, 2.05) is 5.38 Å². The number of rotatable bonds is 16. The molecule has 0 unspecified atom stereocenters. The van der Waals surface area contributed by atoms with Gasteiger partial charge in [-0.1, -0.05) is 12.1 Å². The van der Waals surface area contributed by atoms with Gasteiger partial charge in [0.15, 0.2) is 20.5 Å². The first-order valence-corrected chi connectivity index (χ1v) is 38.7. The smallest absolute Gasteiger partial charge is 1.00 e. The van der Waals surface area contributed by atoms with Crippen LogP contribution < -0.4 is 49.0 Å². The molecule has 9 aromatic rings. The molecule has 1 aliphatic rings. The van der Waals surface area contributed by atoms with E-state index in [4.69, 9.17) is 34.5 Å². The van der Waals surface area contributed by atoms with Gasteiger partial charge in [0, 0.05) is 89.2 Å². The van der Waals surface area contributed by atoms with Gasteiger partial charge < -0.3 is 26.5 Å². The minimum absolute atomic E-state index is 0. The Bertz CT molecular complexity index is 4670. The molecule has 3 radical (unpaired) electrons. The van der Waals surface area contributed by atoms with E-state index in [0.29, 0.717) is 34.4 Å². The average Bonchev–Trinajstić information content (AvgIpc) is 0.795. The third-order valence-electron chi connectivity index (χ3n) is 11.4. The number of nitrogens with zero attached hydrogens (tertiary/aromatic N) is 5. The summed E-state index contributed by atoms with van der Waals surface area (Å²) in [5.74, 6) is -4.27. The van der Waals surface area contributed by atoms with Gasteiger partial charge in [0.05, 0.1) is 60.2 Å². The Labute approximate surface area is 615 Å². The summed E-state index contributed by atoms with van der Waals surface area (Å²) in [6.07, 6.45) is 6.14. The maximum atomic E-state index is 13.3. The summed E-state index contributed by atoms with van der Waals surface area (Å²) in [4.78, 5) is 48.1. The van der Waals surface area contributed by atoms with Gasteiger partial charge in [0.25, 0.3) is 39.1 Å². The van der Waals surface area contributed by atoms with Crippen LogP contribution in [-0.2, 0) is 109 Å². The number of halogens is 7. The predicted octanol–water partition coefficient (Wildman–Crippen LogP) is 5.95. The van der Waals surface area contributed by atoms with Gasteiger partial charge >= 0.3 is 56.8 Å². The van der Waals surface area contributed by atoms with Crippen LogP contribution >= 0.6 is 66.7 Å². The molecule has 0 aliphatic carbocycles. The minimum Gasteiger partial charge on any atom is -1.00 e. The van der Waals surface area contributed by atoms with Gasteiger partial charge in [-0.15, -0.1) is 45.3 Å². The van der Waals surface area contributed by atoms with Crippen LogP contribution in [0.15, 0.2) is 163 Å². The van der Waals surface area contributed by atoms with Crippen LogP contribution in [0, 0.1) is 29.1 Å². The molecule has 5 heterocycles. The fraction of sp³-hybridized carbons (Fsp3) is 0.182. The van der Waals surface area contributed by atoms with Gasteiger partial charge in [0.2, 0.25) is 0 Å². The molecule has 0 spiro atoms. The SMILES string of the molecule is COC(=O)Cc1cc(F)ccc1S(=O)(=O)Cl.COC(=O)Cc1cc(F)ccc1S(=O)(=O)Nc1nccs1.COC(=O)Cc1cccc(F)c1.Nc1nccs1.O=S(=O)(Nc1nccs1)c1ccc(F)cc1CCO.O=S(=O)(O)Cl.O=S1(=O)c2ccc(F)cc2CCN1c1nccs1.[B].[H-].[Na+]. The second kappa shape index (κ2) is 41.8. The Morgan fingerprint density at radius 2 is 1.01 bits per heavy atom. The number of sulfonamides is 3. The largest absolute Gasteiger partial charge is 1.00 e. The zero-order valence-electron chi connectivity index (χ0n) is 52.4. The van der Waals surface area contributed by atoms with Gasteiger partial charge in [-0.3, -0.25) is 28.4 Å². The van der Waals surface area contributed by atoms with Crippen LogP contribution in [0.25, 0.3) is 0 Å². The molecular weight excluding hydrogens is 1550 g/mol. The number of nitrogen functional groups attached to an aromatic ring is 1. The van der Waals surface area contributed by atoms with Crippen molar-refractivity contribution in [3.05, 3.63) is 200 Å². The second-order valence-electron chi connectivity index (χ2n) is 18.1. The van der Waals surface area contributed by atoms with E-state index < -0.39 is 83.7 Å². The number of thiazole rings is 4. The van der Waals surface area contributed by atoms with Crippen LogP contribution in [0.3, 0.4) is 0 Å². The molecule has 99 heavy (non-hydrogen) atoms. The van der Waals surface area contributed by atoms with Crippen LogP contribution in [0.5, 0.6) is 0 Å². The number of benzene rings is 5. The fourth-order valence-corrected chi connectivity index (χ4v) is 15.6. The van der Waals surface area contributed by atoms with E-state index in [1.54, 1.807) is 40.7 Å². The number of nitrogens with one attached hydrogen (secondary N) is 2. The maximum absolute atomic E-state index is 13.3. The summed E-state index contributed by atoms with van der Waals surface area (Å²) >= 11 is 4.96. The number of methoxy groups -OCH3 is 3. The molecule has 26 nitrogen and oxygen atoms in total. The molecular formula is C55H54BCl2F5N8NaO18S9. The number of hydrogen-bond donors (Lipinski definition) is 5. The molecule has 529 valence electrons. The summed E-state index contributed by atoms with van der Waals surface area (Å²) in [6.45, 7) is 0.0372. The zero-order chi connectivity index (χ0) is 72.3. The number of carbonyl (C=O) groups excluding carboxylic acids is 3. The van der Waals surface area contributed by atoms with E-state index in [-0.39, 0.29) is 130 Å². The number of ether oxygens (including phenoxy) is 3. The topological polar surface area (TPSA) is 395 Å². The Hall–Kier alpha value is -6.81. The minimum atomic E-state index is -4.19. The van der Waals surface area contributed by atoms with Crippen molar-refractivity contribution in [2.75, 3.05) is 54.0 Å². The summed E-state index contributed by atoms with van der Waals surface area (Å²) in [5.41, 5.74) is 6.56. The number of carbonyl (C=O) groups is 3. The van der Waals surface area contributed by atoms with Gasteiger partial charge in [-0.2, -0.15) is 8.42 Å². The van der Waals surface area contributed by atoms with Crippen LogP contribution in [0.4, 0.5) is 42.5 Å². The molecule has 0 bridgehead atoms. The number of aromatic nitrogens is 4. The normalized spacial score (nSPS) is 11.8. The van der Waals surface area contributed by atoms with Crippen molar-refractivity contribution in [2.24, 2.45) is 0 Å². The third-order valence-corrected chi connectivity index (χ3v) is 20.8. The maximum Gasteiger partial charge on any atom is 1.00 e. The second-order valence-corrected chi connectivity index (χ2v) is 31.4. The van der Waals surface area contributed by atoms with Crippen LogP contribution in [0.1, 0.15) is 29.2 Å². The monoisotopic (exact) mass is 1600 g/mol. The number of fused-ring (bicyclic) bond motifs is 1. The van der Waals surface area contributed by atoms with Crippen molar-refractivity contribution in [3.63, 3.8) is 0 Å². The third kappa shape index (κ3) is 30.9. The molecule has 0 saturated carbocycles. The summed E-state index contributed by atoms with van der Waals surface area (Å²) in [7, 11) is -6.78. The first-order chi connectivity index (χ1) is 45.5. The van der Waals surface area contributed by atoms with Crippen LogP contribution in [0.2, 0.25) is 0 Å². The number of aliphatic hydroxyl groups excluding tert-OH is 1. The Kier molecular flexibility index (Phi) is 37.3. The van der Waals surface area contributed by atoms with E-state index in [0.717, 1.165) is 78.3 Å². The first-order valence-electron chi connectivity index (χ1n) is 26.2. The van der Waals surface area contributed by atoms with E-state index in [9.17, 15) is 70.0 Å². The number of anilines is 4. The molecule has 0 atom stereocenters. The summed E-state index contributed by atoms with van der Waals surface area (Å²) in [5, 5.41) is 17.2. The van der Waals surface area contributed by atoms with Crippen molar-refractivity contribution in [1.82, 2.24) is 19.9 Å². The number of hydrogen-bond acceptors (Lipinski definition) is 26. The van der Waals surface area contributed by atoms with Crippen molar-refractivity contribution in [1.29, 1.82) is 0 Å². The molecule has 6 N–H and O–H groups in total. The molecule has 4 aromatic heterocycles. The van der Waals surface area contributed by atoms with Crippen LogP contribution in [-0.4, -0.2) is 132 Å². The fourth-order valence-electron chi connectivity index (χ4n) is 7.45. The van der Waals surface area contributed by atoms with Crippen molar-refractivity contribution >= 4 is 162 Å². The van der Waals surface area contributed by atoms with Crippen molar-refractivity contribution in [3.8, 4) is 0 Å². The summed E-state index contributed by atoms with van der Waals surface area (Å²) in [6, 6.07) is 19.0. The Morgan fingerprint density at radius 3 is 1.42 bits per heavy atom. The average molecular weight is 1600 g/mol. The Balaban J connectivity index is 0.000000601. The van der Waals surface area contributed by atoms with E-state index in [2.05, 4.69) is 54.3 Å². The van der Waals surface area contributed by atoms with Crippen molar-refractivity contribution in [2.45, 2.75) is 51.7 Å². The quantitative estimate of drug-likeness (QED) is 0.0186. The molecule has 0 saturated heterocycles. The number of nitrogens with two attached hydrogens (primary N) is 1. The molecule has 0 fully saturated rings. The molecule has 0 amide bonds. The molecule has 5 aromatic carbocycles. The van der Waals surface area contributed by atoms with Gasteiger partial charge in [0.1, 0.15) is 29.1 Å². The van der Waals surface area contributed by atoms with Gasteiger partial charge in [-0.25, -0.2) is 79.9 Å². The first kappa shape index (κ1) is 88.3. The predicted molar refractivity (Wildman–Crippen MR) is 360 cm³/mol. The van der Waals surface area contributed by atoms with E-state index in [1.165, 1.54) is 90.0 Å². The Morgan fingerprint density at radius 1 is 0.596 bits per heavy atom. The molecule has 10 rings (SSSR count). The molecule has 1 aliphatic heterocycles. The summed E-state index contributed by atoms with van der Waals surface area (Å²) < 4.78 is 205. The number of esters is 3. The van der Waals surface area contributed by atoms with E-state index >= 15 is 0 Å². The standard InChI is InChI=1S/C12H11FN2O4S2.C11H11FN2O3S2.C11H9FN2O2S2.C9H8ClFO4S.C9H9FO2.C3H4N2S.B.ClHO3S.Na.H/c1-19-11(16)7-8-6-9(13)2-3-10(8)21(17,18)15-12-14-4-5-20-12;12-9-1-2-10(8(7-9)3-5-15)19(16,17)14-11-13-4-6-18-11;12-9-1-2-10-8(7-9)3-5-14(18(10,15)16)11-13-4-6-17-11;1-15-9(12)5-6-4-7(11)2-3-8(6)16(10,13)14;1-12-9(11)6-7-3-2-4-8(10)5-7;4-3-5-1-2-6-3;;1-5(2,3)4;;/h2-6H,7H2,1H3,(H,14,15);1-2,4,6-7,15H,3,5H2,(H,13,14);1-2,4,6-7H,3,5H2;2-4H,5H2,1H3;2-5H,6H2,1H3;1-2H,(H2,4,5);;(H,2,3,4);;/q;;;;;;;;+1;-1. The molecule has 44 heteroatoms. The van der Waals surface area contributed by atoms with Crippen molar-refractivity contribution < 1.29 is 133 Å².